The molecule has 0 spiro atoms. The Bertz CT molecular complexity index is 572. The highest BCUT2D eigenvalue weighted by Gasteiger charge is 2.52. The maximum Gasteiger partial charge on any atom is 0.311 e. The minimum absolute atomic E-state index is 0.108. The van der Waals surface area contributed by atoms with Gasteiger partial charge in [0.25, 0.3) is 5.91 Å². The lowest BCUT2D eigenvalue weighted by Gasteiger charge is -2.29. The summed E-state index contributed by atoms with van der Waals surface area (Å²) in [7, 11) is 1.42. The number of ether oxygens (including phenoxy) is 1. The number of carbonyl (C=O) groups excluding carboxylic acids is 2. The Balaban J connectivity index is 1.78. The molecule has 2 aliphatic carbocycles. The normalized spacial score (nSPS) is 30.2. The van der Waals surface area contributed by atoms with E-state index in [0.29, 0.717) is 23.1 Å². The predicted octanol–water partition coefficient (Wildman–Crippen LogP) is 1.71. The van der Waals surface area contributed by atoms with Crippen molar-refractivity contribution in [3.8, 4) is 0 Å². The quantitative estimate of drug-likeness (QED) is 0.860. The summed E-state index contributed by atoms with van der Waals surface area (Å²) in [4.78, 5) is 28.6. The van der Waals surface area contributed by atoms with E-state index in [1.54, 1.807) is 18.3 Å². The first kappa shape index (κ1) is 14.0. The summed E-state index contributed by atoms with van der Waals surface area (Å²) >= 11 is 0. The first-order valence-electron chi connectivity index (χ1n) is 7.42. The molecule has 1 heterocycles. The monoisotopic (exact) mass is 288 g/mol. The lowest BCUT2D eigenvalue weighted by molar-refractivity contribution is -0.148. The van der Waals surface area contributed by atoms with Gasteiger partial charge in [-0.2, -0.15) is 0 Å². The maximum atomic E-state index is 12.5. The summed E-state index contributed by atoms with van der Waals surface area (Å²) in [6.45, 7) is 1.81. The van der Waals surface area contributed by atoms with Crippen LogP contribution >= 0.6 is 0 Å². The van der Waals surface area contributed by atoms with Crippen molar-refractivity contribution >= 4 is 11.9 Å². The molecule has 0 aromatic carbocycles. The summed E-state index contributed by atoms with van der Waals surface area (Å²) < 4.78 is 4.93. The van der Waals surface area contributed by atoms with Crippen LogP contribution in [0.15, 0.2) is 18.3 Å². The van der Waals surface area contributed by atoms with Gasteiger partial charge in [0.1, 0.15) is 0 Å². The molecule has 2 fully saturated rings. The van der Waals surface area contributed by atoms with Gasteiger partial charge in [0.05, 0.1) is 18.6 Å². The van der Waals surface area contributed by atoms with Gasteiger partial charge in [-0.05, 0) is 50.2 Å². The number of esters is 1. The predicted molar refractivity (Wildman–Crippen MR) is 76.6 cm³/mol. The number of methoxy groups -OCH3 is 1. The summed E-state index contributed by atoms with van der Waals surface area (Å²) in [5, 5.41) is 3.05. The molecule has 1 amide bonds. The summed E-state index contributed by atoms with van der Waals surface area (Å²) in [6.07, 6.45) is 4.81. The topological polar surface area (TPSA) is 68.3 Å². The number of fused-ring (bicyclic) bond motifs is 2. The standard InChI is InChI=1S/C16H20N2O3/c1-9-12(4-3-7-17-9)15(19)18-14-11-6-5-10(8-11)13(14)16(20)21-2/h3-4,7,10-11,13-14H,5-6,8H2,1-2H3,(H,18,19)/t10-,11-,13+,14-/m0/s1. The van der Waals surface area contributed by atoms with Crippen molar-refractivity contribution in [1.29, 1.82) is 0 Å². The van der Waals surface area contributed by atoms with E-state index in [1.807, 2.05) is 6.92 Å². The zero-order valence-electron chi connectivity index (χ0n) is 12.3. The van der Waals surface area contributed by atoms with E-state index in [2.05, 4.69) is 10.3 Å². The fraction of sp³-hybridized carbons (Fsp3) is 0.562. The zero-order valence-corrected chi connectivity index (χ0v) is 12.3. The van der Waals surface area contributed by atoms with Gasteiger partial charge in [-0.3, -0.25) is 14.6 Å². The van der Waals surface area contributed by atoms with Gasteiger partial charge in [0.2, 0.25) is 0 Å². The Kier molecular flexibility index (Phi) is 3.66. The van der Waals surface area contributed by atoms with Crippen molar-refractivity contribution in [3.05, 3.63) is 29.6 Å². The number of nitrogens with zero attached hydrogens (tertiary/aromatic N) is 1. The van der Waals surface area contributed by atoms with Crippen LogP contribution in [0.2, 0.25) is 0 Å². The number of nitrogens with one attached hydrogen (secondary N) is 1. The van der Waals surface area contributed by atoms with Crippen LogP contribution in [-0.2, 0) is 9.53 Å². The van der Waals surface area contributed by atoms with Gasteiger partial charge in [-0.25, -0.2) is 0 Å². The van der Waals surface area contributed by atoms with Crippen LogP contribution in [-0.4, -0.2) is 30.0 Å². The van der Waals surface area contributed by atoms with Crippen molar-refractivity contribution in [1.82, 2.24) is 10.3 Å². The largest absolute Gasteiger partial charge is 0.469 e. The molecule has 4 atom stereocenters. The Morgan fingerprint density at radius 2 is 2.10 bits per heavy atom. The molecule has 21 heavy (non-hydrogen) atoms. The van der Waals surface area contributed by atoms with Crippen LogP contribution < -0.4 is 5.32 Å². The molecule has 0 radical (unpaired) electrons. The fourth-order valence-corrected chi connectivity index (χ4v) is 3.93. The van der Waals surface area contributed by atoms with Gasteiger partial charge in [-0.15, -0.1) is 0 Å². The third-order valence-corrected chi connectivity index (χ3v) is 4.94. The molecule has 1 aromatic heterocycles. The Morgan fingerprint density at radius 3 is 2.81 bits per heavy atom. The smallest absolute Gasteiger partial charge is 0.311 e. The van der Waals surface area contributed by atoms with Crippen molar-refractivity contribution in [2.24, 2.45) is 17.8 Å². The van der Waals surface area contributed by atoms with Gasteiger partial charge in [0.15, 0.2) is 0 Å². The number of rotatable bonds is 3. The van der Waals surface area contributed by atoms with E-state index < -0.39 is 0 Å². The molecular formula is C16H20N2O3. The van der Waals surface area contributed by atoms with Crippen LogP contribution in [0.25, 0.3) is 0 Å². The number of amides is 1. The highest BCUT2D eigenvalue weighted by Crippen LogP contribution is 2.49. The number of aryl methyl sites for hydroxylation is 1. The molecule has 1 N–H and O–H groups in total. The molecule has 3 rings (SSSR count). The Morgan fingerprint density at radius 1 is 1.33 bits per heavy atom. The van der Waals surface area contributed by atoms with Crippen LogP contribution in [0.3, 0.4) is 0 Å². The highest BCUT2D eigenvalue weighted by atomic mass is 16.5. The first-order chi connectivity index (χ1) is 10.1. The summed E-state index contributed by atoms with van der Waals surface area (Å²) in [5.74, 6) is 0.194. The molecule has 0 saturated heterocycles. The second-order valence-electron chi connectivity index (χ2n) is 6.02. The summed E-state index contributed by atoms with van der Waals surface area (Å²) in [6, 6.07) is 3.40. The van der Waals surface area contributed by atoms with Crippen molar-refractivity contribution < 1.29 is 14.3 Å². The second kappa shape index (κ2) is 5.47. The van der Waals surface area contributed by atoms with Gasteiger partial charge >= 0.3 is 5.97 Å². The molecule has 5 heteroatoms. The van der Waals surface area contributed by atoms with E-state index in [4.69, 9.17) is 4.74 Å². The molecule has 112 valence electrons. The lowest BCUT2D eigenvalue weighted by atomic mass is 9.84. The van der Waals surface area contributed by atoms with E-state index >= 15 is 0 Å². The van der Waals surface area contributed by atoms with Gasteiger partial charge in [-0.1, -0.05) is 0 Å². The molecule has 5 nitrogen and oxygen atoms in total. The number of carbonyl (C=O) groups is 2. The van der Waals surface area contributed by atoms with Crippen molar-refractivity contribution in [3.63, 3.8) is 0 Å². The third-order valence-electron chi connectivity index (χ3n) is 4.94. The fourth-order valence-electron chi connectivity index (χ4n) is 3.93. The number of aromatic nitrogens is 1. The first-order valence-corrected chi connectivity index (χ1v) is 7.42. The molecule has 2 bridgehead atoms. The third kappa shape index (κ3) is 2.41. The van der Waals surface area contributed by atoms with Crippen LogP contribution in [0, 0.1) is 24.7 Å². The molecular weight excluding hydrogens is 268 g/mol. The number of hydrogen-bond acceptors (Lipinski definition) is 4. The van der Waals surface area contributed by atoms with Crippen molar-refractivity contribution in [2.75, 3.05) is 7.11 Å². The average Bonchev–Trinajstić information content (AvgIpc) is 3.08. The molecule has 2 saturated carbocycles. The molecule has 0 aliphatic heterocycles. The van der Waals surface area contributed by atoms with E-state index in [0.717, 1.165) is 19.3 Å². The Labute approximate surface area is 124 Å². The lowest BCUT2D eigenvalue weighted by Crippen LogP contribution is -2.47. The Hall–Kier alpha value is -1.91. The minimum atomic E-state index is -0.199. The highest BCUT2D eigenvalue weighted by molar-refractivity contribution is 5.95. The second-order valence-corrected chi connectivity index (χ2v) is 6.02. The SMILES string of the molecule is COC(=O)[C@@H]1[C@H]2CC[C@@H](C2)[C@@H]1NC(=O)c1cccnc1C. The molecule has 0 unspecified atom stereocenters. The van der Waals surface area contributed by atoms with Gasteiger partial charge in [0, 0.05) is 17.9 Å². The minimum Gasteiger partial charge on any atom is -0.469 e. The van der Waals surface area contributed by atoms with Gasteiger partial charge < -0.3 is 10.1 Å². The molecule has 1 aromatic rings. The van der Waals surface area contributed by atoms with E-state index in [1.165, 1.54) is 7.11 Å². The number of pyridine rings is 1. The van der Waals surface area contributed by atoms with Crippen LogP contribution in [0.4, 0.5) is 0 Å². The number of hydrogen-bond donors (Lipinski definition) is 1. The van der Waals surface area contributed by atoms with E-state index in [-0.39, 0.29) is 23.8 Å². The summed E-state index contributed by atoms with van der Waals surface area (Å²) in [5.41, 5.74) is 1.27. The van der Waals surface area contributed by atoms with Crippen molar-refractivity contribution in [2.45, 2.75) is 32.2 Å². The average molecular weight is 288 g/mol. The van der Waals surface area contributed by atoms with Crippen LogP contribution in [0.1, 0.15) is 35.3 Å². The van der Waals surface area contributed by atoms with E-state index in [9.17, 15) is 9.59 Å². The van der Waals surface area contributed by atoms with Crippen LogP contribution in [0.5, 0.6) is 0 Å². The maximum absolute atomic E-state index is 12.5. The molecule has 2 aliphatic rings. The zero-order chi connectivity index (χ0) is 15.0.